The van der Waals surface area contributed by atoms with Crippen LogP contribution in [0.2, 0.25) is 0 Å². The largest absolute Gasteiger partial charge is 0.464 e. The molecule has 0 atom stereocenters. The van der Waals surface area contributed by atoms with Crippen LogP contribution in [0.25, 0.3) is 0 Å². The molecule has 0 unspecified atom stereocenters. The monoisotopic (exact) mass is 297 g/mol. The predicted molar refractivity (Wildman–Crippen MR) is 79.1 cm³/mol. The van der Waals surface area contributed by atoms with Crippen molar-refractivity contribution in [2.45, 2.75) is 52.1 Å². The van der Waals surface area contributed by atoms with Crippen LogP contribution in [0.3, 0.4) is 0 Å². The first kappa shape index (κ1) is 15.4. The Kier molecular flexibility index (Phi) is 4.81. The number of carbonyl (C=O) groups is 1. The molecule has 1 heterocycles. The average Bonchev–Trinajstić information content (AvgIpc) is 2.84. The Labute approximate surface area is 124 Å². The Morgan fingerprint density at radius 2 is 2.10 bits per heavy atom. The van der Waals surface area contributed by atoms with Crippen LogP contribution >= 0.6 is 11.3 Å². The number of hydrogen-bond donors (Lipinski definition) is 0. The minimum atomic E-state index is -0.360. The maximum absolute atomic E-state index is 11.7. The SMILES string of the molecule is CCOC1(c2nc(C(=O)OC)c(C)s2)CCC(C)CC1. The van der Waals surface area contributed by atoms with Gasteiger partial charge in [-0.2, -0.15) is 0 Å². The summed E-state index contributed by atoms with van der Waals surface area (Å²) in [5, 5.41) is 0.934. The molecule has 1 saturated carbocycles. The zero-order chi connectivity index (χ0) is 14.8. The van der Waals surface area contributed by atoms with Gasteiger partial charge in [0.05, 0.1) is 7.11 Å². The van der Waals surface area contributed by atoms with Crippen molar-refractivity contribution in [1.82, 2.24) is 4.98 Å². The molecule has 4 nitrogen and oxygen atoms in total. The second kappa shape index (κ2) is 6.22. The molecular formula is C15H23NO3S. The second-order valence-electron chi connectivity index (χ2n) is 5.53. The molecule has 1 aliphatic carbocycles. The Hall–Kier alpha value is -0.940. The molecule has 0 amide bonds. The van der Waals surface area contributed by atoms with Gasteiger partial charge < -0.3 is 9.47 Å². The fourth-order valence-corrected chi connectivity index (χ4v) is 3.90. The summed E-state index contributed by atoms with van der Waals surface area (Å²) in [7, 11) is 1.39. The number of hydrogen-bond acceptors (Lipinski definition) is 5. The quantitative estimate of drug-likeness (QED) is 0.795. The van der Waals surface area contributed by atoms with Crippen LogP contribution in [-0.2, 0) is 15.1 Å². The summed E-state index contributed by atoms with van der Waals surface area (Å²) in [6.45, 7) is 6.88. The Bertz CT molecular complexity index is 475. The summed E-state index contributed by atoms with van der Waals surface area (Å²) >= 11 is 1.57. The van der Waals surface area contributed by atoms with Crippen LogP contribution in [0.5, 0.6) is 0 Å². The van der Waals surface area contributed by atoms with E-state index in [0.29, 0.717) is 12.3 Å². The van der Waals surface area contributed by atoms with E-state index in [-0.39, 0.29) is 11.6 Å². The first-order valence-electron chi connectivity index (χ1n) is 7.22. The molecule has 2 rings (SSSR count). The minimum Gasteiger partial charge on any atom is -0.464 e. The van der Waals surface area contributed by atoms with Gasteiger partial charge in [0.2, 0.25) is 0 Å². The number of methoxy groups -OCH3 is 1. The summed E-state index contributed by atoms with van der Waals surface area (Å²) in [6, 6.07) is 0. The summed E-state index contributed by atoms with van der Waals surface area (Å²) in [6.07, 6.45) is 4.25. The number of carbonyl (C=O) groups excluding carboxylic acids is 1. The zero-order valence-electron chi connectivity index (χ0n) is 12.7. The van der Waals surface area contributed by atoms with Gasteiger partial charge in [-0.25, -0.2) is 9.78 Å². The highest BCUT2D eigenvalue weighted by molar-refractivity contribution is 7.12. The van der Waals surface area contributed by atoms with Crippen molar-refractivity contribution < 1.29 is 14.3 Å². The predicted octanol–water partition coefficient (Wildman–Crippen LogP) is 3.68. The van der Waals surface area contributed by atoms with Crippen LogP contribution in [0.15, 0.2) is 0 Å². The van der Waals surface area contributed by atoms with Crippen molar-refractivity contribution >= 4 is 17.3 Å². The molecule has 0 N–H and O–H groups in total. The molecule has 0 radical (unpaired) electrons. The molecule has 0 aromatic carbocycles. The lowest BCUT2D eigenvalue weighted by atomic mass is 9.79. The molecule has 112 valence electrons. The van der Waals surface area contributed by atoms with Crippen LogP contribution in [0.4, 0.5) is 0 Å². The molecule has 1 aromatic heterocycles. The van der Waals surface area contributed by atoms with Gasteiger partial charge in [-0.1, -0.05) is 6.92 Å². The summed E-state index contributed by atoms with van der Waals surface area (Å²) in [5.41, 5.74) is 0.133. The Morgan fingerprint density at radius 3 is 2.65 bits per heavy atom. The highest BCUT2D eigenvalue weighted by atomic mass is 32.1. The lowest BCUT2D eigenvalue weighted by Crippen LogP contribution is -2.34. The van der Waals surface area contributed by atoms with Gasteiger partial charge >= 0.3 is 5.97 Å². The molecule has 1 fully saturated rings. The lowest BCUT2D eigenvalue weighted by Gasteiger charge is -2.37. The molecule has 0 spiro atoms. The van der Waals surface area contributed by atoms with E-state index in [9.17, 15) is 4.79 Å². The topological polar surface area (TPSA) is 48.4 Å². The van der Waals surface area contributed by atoms with E-state index < -0.39 is 0 Å². The Morgan fingerprint density at radius 1 is 1.45 bits per heavy atom. The third kappa shape index (κ3) is 2.88. The van der Waals surface area contributed by atoms with Crippen LogP contribution in [-0.4, -0.2) is 24.7 Å². The molecular weight excluding hydrogens is 274 g/mol. The van der Waals surface area contributed by atoms with E-state index in [0.717, 1.165) is 41.5 Å². The molecule has 0 saturated heterocycles. The highest BCUT2D eigenvalue weighted by Crippen LogP contribution is 2.44. The fraction of sp³-hybridized carbons (Fsp3) is 0.733. The highest BCUT2D eigenvalue weighted by Gasteiger charge is 2.40. The molecule has 1 aliphatic rings. The van der Waals surface area contributed by atoms with Crippen molar-refractivity contribution in [1.29, 1.82) is 0 Å². The average molecular weight is 297 g/mol. The van der Waals surface area contributed by atoms with E-state index in [1.165, 1.54) is 7.11 Å². The van der Waals surface area contributed by atoms with Crippen LogP contribution in [0, 0.1) is 12.8 Å². The van der Waals surface area contributed by atoms with Crippen molar-refractivity contribution in [2.75, 3.05) is 13.7 Å². The van der Waals surface area contributed by atoms with Gasteiger partial charge in [0.25, 0.3) is 0 Å². The smallest absolute Gasteiger partial charge is 0.357 e. The number of aromatic nitrogens is 1. The van der Waals surface area contributed by atoms with Crippen LogP contribution < -0.4 is 0 Å². The van der Waals surface area contributed by atoms with E-state index in [1.807, 2.05) is 13.8 Å². The third-order valence-corrected chi connectivity index (χ3v) is 5.22. The standard InChI is InChI=1S/C15H23NO3S/c1-5-19-15(8-6-10(2)7-9-15)14-16-12(11(3)20-14)13(17)18-4/h10H,5-9H2,1-4H3. The summed E-state index contributed by atoms with van der Waals surface area (Å²) < 4.78 is 10.9. The zero-order valence-corrected chi connectivity index (χ0v) is 13.5. The maximum Gasteiger partial charge on any atom is 0.357 e. The van der Waals surface area contributed by atoms with E-state index in [2.05, 4.69) is 11.9 Å². The van der Waals surface area contributed by atoms with Crippen molar-refractivity contribution in [3.8, 4) is 0 Å². The fourth-order valence-electron chi connectivity index (χ4n) is 2.80. The first-order valence-corrected chi connectivity index (χ1v) is 8.04. The number of thiazole rings is 1. The number of nitrogens with zero attached hydrogens (tertiary/aromatic N) is 1. The number of aryl methyl sites for hydroxylation is 1. The minimum absolute atomic E-state index is 0.303. The molecule has 0 bridgehead atoms. The summed E-state index contributed by atoms with van der Waals surface area (Å²) in [4.78, 5) is 17.2. The van der Waals surface area contributed by atoms with Crippen molar-refractivity contribution in [3.63, 3.8) is 0 Å². The van der Waals surface area contributed by atoms with Crippen molar-refractivity contribution in [2.24, 2.45) is 5.92 Å². The van der Waals surface area contributed by atoms with Crippen molar-refractivity contribution in [3.05, 3.63) is 15.6 Å². The maximum atomic E-state index is 11.7. The second-order valence-corrected chi connectivity index (χ2v) is 6.73. The van der Waals surface area contributed by atoms with Crippen LogP contribution in [0.1, 0.15) is 59.9 Å². The van der Waals surface area contributed by atoms with Gasteiger partial charge in [0.15, 0.2) is 5.69 Å². The molecule has 0 aliphatic heterocycles. The van der Waals surface area contributed by atoms with Gasteiger partial charge in [0.1, 0.15) is 10.6 Å². The van der Waals surface area contributed by atoms with Gasteiger partial charge in [-0.3, -0.25) is 0 Å². The first-order chi connectivity index (χ1) is 9.52. The lowest BCUT2D eigenvalue weighted by molar-refractivity contribution is -0.0776. The Balaban J connectivity index is 2.33. The number of esters is 1. The molecule has 5 heteroatoms. The van der Waals surface area contributed by atoms with Gasteiger partial charge in [0, 0.05) is 11.5 Å². The van der Waals surface area contributed by atoms with Gasteiger partial charge in [-0.15, -0.1) is 11.3 Å². The van der Waals surface area contributed by atoms with E-state index in [4.69, 9.17) is 9.47 Å². The third-order valence-electron chi connectivity index (χ3n) is 4.07. The number of ether oxygens (including phenoxy) is 2. The summed E-state index contributed by atoms with van der Waals surface area (Å²) in [5.74, 6) is 0.380. The normalized spacial score (nSPS) is 26.5. The van der Waals surface area contributed by atoms with E-state index in [1.54, 1.807) is 11.3 Å². The van der Waals surface area contributed by atoms with E-state index >= 15 is 0 Å². The van der Waals surface area contributed by atoms with Gasteiger partial charge in [-0.05, 0) is 45.4 Å². The molecule has 20 heavy (non-hydrogen) atoms. The molecule has 1 aromatic rings. The number of rotatable bonds is 4.